The molecule has 0 aliphatic rings. The number of carboxylic acids is 1. The molecule has 0 fully saturated rings. The van der Waals surface area contributed by atoms with E-state index in [1.165, 1.54) is 0 Å². The molecule has 0 atom stereocenters. The molecule has 0 aliphatic heterocycles. The van der Waals surface area contributed by atoms with Gasteiger partial charge < -0.3 is 10.4 Å². The normalized spacial score (nSPS) is 10.7. The molecule has 128 valence electrons. The van der Waals surface area contributed by atoms with Crippen LogP contribution >= 0.6 is 0 Å². The Bertz CT molecular complexity index is 904. The van der Waals surface area contributed by atoms with Gasteiger partial charge in [0.15, 0.2) is 0 Å². The molecule has 3 aromatic rings. The summed E-state index contributed by atoms with van der Waals surface area (Å²) >= 11 is 0. The Morgan fingerprint density at radius 2 is 1.96 bits per heavy atom. The maximum absolute atomic E-state index is 12.2. The highest BCUT2D eigenvalue weighted by molar-refractivity contribution is 5.94. The fraction of sp³-hybridized carbons (Fsp3) is 0.222. The molecular formula is C18H18N4O3. The number of aromatic nitrogens is 3. The van der Waals surface area contributed by atoms with Crippen molar-refractivity contribution >= 4 is 22.9 Å². The summed E-state index contributed by atoms with van der Waals surface area (Å²) in [5.74, 6) is -1.08. The number of para-hydroxylation sites is 1. The number of amides is 1. The number of aliphatic carboxylic acids is 1. The van der Waals surface area contributed by atoms with Crippen LogP contribution in [0.3, 0.4) is 0 Å². The van der Waals surface area contributed by atoms with E-state index in [-0.39, 0.29) is 12.3 Å². The summed E-state index contributed by atoms with van der Waals surface area (Å²) in [5.41, 5.74) is 3.24. The lowest BCUT2D eigenvalue weighted by molar-refractivity contribution is -0.137. The molecule has 0 saturated carbocycles. The highest BCUT2D eigenvalue weighted by atomic mass is 16.4. The Labute approximate surface area is 144 Å². The maximum atomic E-state index is 12.2. The van der Waals surface area contributed by atoms with Crippen molar-refractivity contribution in [1.29, 1.82) is 0 Å². The fourth-order valence-corrected chi connectivity index (χ4v) is 2.56. The van der Waals surface area contributed by atoms with Gasteiger partial charge in [-0.15, -0.1) is 5.10 Å². The van der Waals surface area contributed by atoms with Crippen LogP contribution in [0, 0.1) is 0 Å². The minimum Gasteiger partial charge on any atom is -0.481 e. The number of nitrogens with zero attached hydrogens (tertiary/aromatic N) is 3. The van der Waals surface area contributed by atoms with Gasteiger partial charge in [-0.05, 0) is 36.2 Å². The molecule has 0 unspecified atom stereocenters. The molecule has 0 spiro atoms. The summed E-state index contributed by atoms with van der Waals surface area (Å²) < 4.78 is 1.79. The van der Waals surface area contributed by atoms with Gasteiger partial charge in [-0.25, -0.2) is 4.68 Å². The predicted molar refractivity (Wildman–Crippen MR) is 92.3 cm³/mol. The Hall–Kier alpha value is -3.22. The van der Waals surface area contributed by atoms with E-state index in [9.17, 15) is 9.59 Å². The molecule has 0 aliphatic carbocycles. The van der Waals surface area contributed by atoms with Gasteiger partial charge in [0.05, 0.1) is 12.1 Å². The lowest BCUT2D eigenvalue weighted by Gasteiger charge is -2.07. The Morgan fingerprint density at radius 1 is 1.12 bits per heavy atom. The van der Waals surface area contributed by atoms with E-state index in [2.05, 4.69) is 15.6 Å². The van der Waals surface area contributed by atoms with Crippen molar-refractivity contribution in [2.24, 2.45) is 0 Å². The van der Waals surface area contributed by atoms with Crippen molar-refractivity contribution in [2.45, 2.75) is 19.4 Å². The van der Waals surface area contributed by atoms with Crippen LogP contribution in [0.4, 0.5) is 0 Å². The molecule has 0 radical (unpaired) electrons. The number of nitrogens with one attached hydrogen (secondary N) is 1. The molecule has 2 aromatic carbocycles. The minimum atomic E-state index is -0.865. The van der Waals surface area contributed by atoms with Gasteiger partial charge >= 0.3 is 5.97 Å². The van der Waals surface area contributed by atoms with Crippen molar-refractivity contribution < 1.29 is 14.7 Å². The average molecular weight is 338 g/mol. The van der Waals surface area contributed by atoms with Crippen LogP contribution in [-0.2, 0) is 11.3 Å². The van der Waals surface area contributed by atoms with E-state index in [4.69, 9.17) is 5.11 Å². The standard InChI is InChI=1S/C18H18N4O3/c23-17(24)9-4-10-19-18(25)14-6-3-5-13(11-14)12-22-16-8-2-1-7-15(16)20-21-22/h1-3,5-8,11H,4,9-10,12H2,(H,19,25)(H,23,24). The highest BCUT2D eigenvalue weighted by Crippen LogP contribution is 2.13. The summed E-state index contributed by atoms with van der Waals surface area (Å²) in [5, 5.41) is 19.6. The molecule has 2 N–H and O–H groups in total. The number of carbonyl (C=O) groups is 2. The number of carbonyl (C=O) groups excluding carboxylic acids is 1. The molecule has 0 saturated heterocycles. The largest absolute Gasteiger partial charge is 0.481 e. The van der Waals surface area contributed by atoms with Crippen molar-refractivity contribution in [3.05, 3.63) is 59.7 Å². The van der Waals surface area contributed by atoms with Crippen LogP contribution in [-0.4, -0.2) is 38.5 Å². The Morgan fingerprint density at radius 3 is 2.80 bits per heavy atom. The van der Waals surface area contributed by atoms with E-state index < -0.39 is 5.97 Å². The molecule has 7 nitrogen and oxygen atoms in total. The van der Waals surface area contributed by atoms with Gasteiger partial charge in [0, 0.05) is 18.5 Å². The van der Waals surface area contributed by atoms with Gasteiger partial charge in [0.1, 0.15) is 5.52 Å². The summed E-state index contributed by atoms with van der Waals surface area (Å²) in [6, 6.07) is 15.0. The highest BCUT2D eigenvalue weighted by Gasteiger charge is 2.08. The third-order valence-electron chi connectivity index (χ3n) is 3.79. The molecule has 1 heterocycles. The van der Waals surface area contributed by atoms with Crippen LogP contribution in [0.1, 0.15) is 28.8 Å². The zero-order valence-electron chi connectivity index (χ0n) is 13.6. The van der Waals surface area contributed by atoms with Crippen LogP contribution in [0.25, 0.3) is 11.0 Å². The molecule has 1 aromatic heterocycles. The first-order valence-electron chi connectivity index (χ1n) is 8.00. The third-order valence-corrected chi connectivity index (χ3v) is 3.79. The number of benzene rings is 2. The first-order chi connectivity index (χ1) is 12.1. The zero-order chi connectivity index (χ0) is 17.6. The second-order valence-electron chi connectivity index (χ2n) is 5.69. The maximum Gasteiger partial charge on any atom is 0.303 e. The van der Waals surface area contributed by atoms with Crippen molar-refractivity contribution in [1.82, 2.24) is 20.3 Å². The van der Waals surface area contributed by atoms with Crippen LogP contribution in [0.2, 0.25) is 0 Å². The lowest BCUT2D eigenvalue weighted by atomic mass is 10.1. The van der Waals surface area contributed by atoms with E-state index in [0.717, 1.165) is 16.6 Å². The number of carboxylic acid groups (broad SMARTS) is 1. The Kier molecular flexibility index (Phi) is 5.03. The summed E-state index contributed by atoms with van der Waals surface area (Å²) in [6.45, 7) is 0.851. The second-order valence-corrected chi connectivity index (χ2v) is 5.69. The monoisotopic (exact) mass is 338 g/mol. The molecule has 1 amide bonds. The van der Waals surface area contributed by atoms with Gasteiger partial charge in [0.2, 0.25) is 0 Å². The van der Waals surface area contributed by atoms with Gasteiger partial charge in [0.25, 0.3) is 5.91 Å². The van der Waals surface area contributed by atoms with Crippen molar-refractivity contribution in [2.75, 3.05) is 6.54 Å². The summed E-state index contributed by atoms with van der Waals surface area (Å²) in [4.78, 5) is 22.6. The first-order valence-corrected chi connectivity index (χ1v) is 8.00. The topological polar surface area (TPSA) is 97.1 Å². The molecule has 7 heteroatoms. The van der Waals surface area contributed by atoms with Crippen molar-refractivity contribution in [3.8, 4) is 0 Å². The van der Waals surface area contributed by atoms with Gasteiger partial charge in [-0.1, -0.05) is 29.5 Å². The SMILES string of the molecule is O=C(O)CCCNC(=O)c1cccc(Cn2nnc3ccccc32)c1. The number of rotatable bonds is 7. The quantitative estimate of drug-likeness (QED) is 0.643. The van der Waals surface area contributed by atoms with E-state index in [1.807, 2.05) is 42.5 Å². The summed E-state index contributed by atoms with van der Waals surface area (Å²) in [7, 11) is 0. The first kappa shape index (κ1) is 16.6. The Balaban J connectivity index is 1.67. The lowest BCUT2D eigenvalue weighted by Crippen LogP contribution is -2.25. The number of fused-ring (bicyclic) bond motifs is 1. The van der Waals surface area contributed by atoms with Gasteiger partial charge in [-0.2, -0.15) is 0 Å². The molecule has 3 rings (SSSR count). The van der Waals surface area contributed by atoms with Crippen molar-refractivity contribution in [3.63, 3.8) is 0 Å². The average Bonchev–Trinajstić information content (AvgIpc) is 3.02. The summed E-state index contributed by atoms with van der Waals surface area (Å²) in [6.07, 6.45) is 0.450. The smallest absolute Gasteiger partial charge is 0.303 e. The zero-order valence-corrected chi connectivity index (χ0v) is 13.6. The predicted octanol–water partition coefficient (Wildman–Crippen LogP) is 2.07. The van der Waals surface area contributed by atoms with E-state index in [1.54, 1.807) is 10.7 Å². The fourth-order valence-electron chi connectivity index (χ4n) is 2.56. The van der Waals surface area contributed by atoms with E-state index in [0.29, 0.717) is 25.1 Å². The number of hydrogen-bond donors (Lipinski definition) is 2. The molecular weight excluding hydrogens is 320 g/mol. The third kappa shape index (κ3) is 4.20. The van der Waals surface area contributed by atoms with Crippen LogP contribution in [0.5, 0.6) is 0 Å². The second kappa shape index (κ2) is 7.57. The molecule has 25 heavy (non-hydrogen) atoms. The number of hydrogen-bond acceptors (Lipinski definition) is 4. The van der Waals surface area contributed by atoms with Gasteiger partial charge in [-0.3, -0.25) is 9.59 Å². The molecule has 0 bridgehead atoms. The minimum absolute atomic E-state index is 0.0414. The van der Waals surface area contributed by atoms with Crippen LogP contribution in [0.15, 0.2) is 48.5 Å². The van der Waals surface area contributed by atoms with Crippen LogP contribution < -0.4 is 5.32 Å². The van der Waals surface area contributed by atoms with E-state index >= 15 is 0 Å².